The summed E-state index contributed by atoms with van der Waals surface area (Å²) in [6.45, 7) is 1.90. The van der Waals surface area contributed by atoms with Crippen LogP contribution in [0.25, 0.3) is 0 Å². The second-order valence-corrected chi connectivity index (χ2v) is 4.07. The molecule has 1 unspecified atom stereocenters. The van der Waals surface area contributed by atoms with Crippen LogP contribution in [0.2, 0.25) is 5.02 Å². The van der Waals surface area contributed by atoms with Crippen molar-refractivity contribution in [2.45, 2.75) is 13.0 Å². The summed E-state index contributed by atoms with van der Waals surface area (Å²) in [4.78, 5) is 7.78. The number of anilines is 1. The molecule has 0 amide bonds. The third-order valence-electron chi connectivity index (χ3n) is 2.37. The molecule has 0 fully saturated rings. The molecule has 0 aliphatic heterocycles. The number of aromatic nitrogens is 2. The Bertz CT molecular complexity index is 519. The van der Waals surface area contributed by atoms with Gasteiger partial charge in [-0.3, -0.25) is 9.97 Å². The molecule has 2 rings (SSSR count). The van der Waals surface area contributed by atoms with Gasteiger partial charge in [0.1, 0.15) is 5.82 Å². The Hall–Kier alpha value is -1.68. The summed E-state index contributed by atoms with van der Waals surface area (Å²) >= 11 is 5.99. The highest BCUT2D eigenvalue weighted by molar-refractivity contribution is 6.33. The molecule has 3 nitrogen and oxygen atoms in total. The fraction of sp³-hybridized carbons (Fsp3) is 0.167. The molecule has 0 saturated heterocycles. The minimum Gasteiger partial charge on any atom is -0.376 e. The molecule has 2 aromatic heterocycles. The Balaban J connectivity index is 2.17. The SMILES string of the molecule is CC(Nc1cnccc1Cl)c1cncc(F)c1. The minimum atomic E-state index is -0.353. The monoisotopic (exact) mass is 251 g/mol. The number of halogens is 2. The molecule has 0 aromatic carbocycles. The Kier molecular flexibility index (Phi) is 3.54. The number of nitrogens with one attached hydrogen (secondary N) is 1. The fourth-order valence-corrected chi connectivity index (χ4v) is 1.63. The topological polar surface area (TPSA) is 37.8 Å². The lowest BCUT2D eigenvalue weighted by Crippen LogP contribution is -2.07. The summed E-state index contributed by atoms with van der Waals surface area (Å²) < 4.78 is 13.0. The molecule has 0 radical (unpaired) electrons. The first-order valence-corrected chi connectivity index (χ1v) is 5.51. The molecule has 2 heterocycles. The molecule has 0 aliphatic carbocycles. The van der Waals surface area contributed by atoms with Crippen molar-refractivity contribution >= 4 is 17.3 Å². The van der Waals surface area contributed by atoms with Crippen molar-refractivity contribution in [3.05, 3.63) is 53.3 Å². The van der Waals surface area contributed by atoms with Crippen LogP contribution in [0.3, 0.4) is 0 Å². The average molecular weight is 252 g/mol. The van der Waals surface area contributed by atoms with E-state index < -0.39 is 0 Å². The van der Waals surface area contributed by atoms with E-state index in [1.807, 2.05) is 6.92 Å². The highest BCUT2D eigenvalue weighted by Gasteiger charge is 2.08. The summed E-state index contributed by atoms with van der Waals surface area (Å²) in [7, 11) is 0. The Morgan fingerprint density at radius 2 is 2.12 bits per heavy atom. The van der Waals surface area contributed by atoms with E-state index in [9.17, 15) is 4.39 Å². The third kappa shape index (κ3) is 2.91. The molecule has 0 spiro atoms. The van der Waals surface area contributed by atoms with Gasteiger partial charge in [-0.05, 0) is 24.6 Å². The highest BCUT2D eigenvalue weighted by Crippen LogP contribution is 2.24. The normalized spacial score (nSPS) is 12.2. The summed E-state index contributed by atoms with van der Waals surface area (Å²) in [5.74, 6) is -0.353. The standard InChI is InChI=1S/C12H11ClFN3/c1-8(9-4-10(14)6-16-5-9)17-12-7-15-3-2-11(12)13/h2-8,17H,1H3. The quantitative estimate of drug-likeness (QED) is 0.908. The third-order valence-corrected chi connectivity index (χ3v) is 2.70. The number of pyridine rings is 2. The van der Waals surface area contributed by atoms with Crippen LogP contribution >= 0.6 is 11.6 Å². The predicted molar refractivity (Wildman–Crippen MR) is 65.5 cm³/mol. The zero-order valence-electron chi connectivity index (χ0n) is 9.19. The zero-order valence-corrected chi connectivity index (χ0v) is 9.95. The lowest BCUT2D eigenvalue weighted by molar-refractivity contribution is 0.616. The second-order valence-electron chi connectivity index (χ2n) is 3.66. The van der Waals surface area contributed by atoms with Gasteiger partial charge in [0, 0.05) is 12.4 Å². The van der Waals surface area contributed by atoms with Crippen molar-refractivity contribution in [3.8, 4) is 0 Å². The van der Waals surface area contributed by atoms with Crippen molar-refractivity contribution in [3.63, 3.8) is 0 Å². The molecule has 0 aliphatic rings. The lowest BCUT2D eigenvalue weighted by Gasteiger charge is -2.15. The Morgan fingerprint density at radius 1 is 1.29 bits per heavy atom. The fourth-order valence-electron chi connectivity index (χ4n) is 1.47. The van der Waals surface area contributed by atoms with Gasteiger partial charge in [0.2, 0.25) is 0 Å². The van der Waals surface area contributed by atoms with E-state index in [1.54, 1.807) is 24.7 Å². The van der Waals surface area contributed by atoms with Gasteiger partial charge in [-0.15, -0.1) is 0 Å². The van der Waals surface area contributed by atoms with Gasteiger partial charge < -0.3 is 5.32 Å². The van der Waals surface area contributed by atoms with Crippen molar-refractivity contribution < 1.29 is 4.39 Å². The molecule has 5 heteroatoms. The molecule has 0 bridgehead atoms. The molecule has 88 valence electrons. The summed E-state index contributed by atoms with van der Waals surface area (Å²) in [6.07, 6.45) is 6.03. The van der Waals surface area contributed by atoms with E-state index >= 15 is 0 Å². The maximum atomic E-state index is 13.0. The van der Waals surface area contributed by atoms with Crippen LogP contribution in [0.5, 0.6) is 0 Å². The van der Waals surface area contributed by atoms with Crippen molar-refractivity contribution in [1.29, 1.82) is 0 Å². The van der Waals surface area contributed by atoms with Gasteiger partial charge in [-0.2, -0.15) is 0 Å². The van der Waals surface area contributed by atoms with Gasteiger partial charge in [0.05, 0.1) is 29.1 Å². The zero-order chi connectivity index (χ0) is 12.3. The van der Waals surface area contributed by atoms with E-state index in [0.717, 1.165) is 5.56 Å². The number of hydrogen-bond donors (Lipinski definition) is 1. The van der Waals surface area contributed by atoms with Crippen LogP contribution in [0.1, 0.15) is 18.5 Å². The van der Waals surface area contributed by atoms with Crippen LogP contribution in [-0.4, -0.2) is 9.97 Å². The largest absolute Gasteiger partial charge is 0.376 e. The maximum Gasteiger partial charge on any atom is 0.141 e. The summed E-state index contributed by atoms with van der Waals surface area (Å²) in [5, 5.41) is 3.73. The van der Waals surface area contributed by atoms with E-state index in [1.165, 1.54) is 12.3 Å². The highest BCUT2D eigenvalue weighted by atomic mass is 35.5. The van der Waals surface area contributed by atoms with Crippen molar-refractivity contribution in [1.82, 2.24) is 9.97 Å². The van der Waals surface area contributed by atoms with Gasteiger partial charge >= 0.3 is 0 Å². The smallest absolute Gasteiger partial charge is 0.141 e. The molecule has 17 heavy (non-hydrogen) atoms. The lowest BCUT2D eigenvalue weighted by atomic mass is 10.1. The minimum absolute atomic E-state index is 0.0973. The first kappa shape index (κ1) is 11.8. The number of hydrogen-bond acceptors (Lipinski definition) is 3. The number of nitrogens with zero attached hydrogens (tertiary/aromatic N) is 2. The van der Waals surface area contributed by atoms with Gasteiger partial charge in [-0.25, -0.2) is 4.39 Å². The second kappa shape index (κ2) is 5.10. The van der Waals surface area contributed by atoms with Crippen LogP contribution in [-0.2, 0) is 0 Å². The average Bonchev–Trinajstić information content (AvgIpc) is 2.32. The Morgan fingerprint density at radius 3 is 2.82 bits per heavy atom. The molecule has 2 aromatic rings. The van der Waals surface area contributed by atoms with Gasteiger partial charge in [0.15, 0.2) is 0 Å². The first-order valence-electron chi connectivity index (χ1n) is 5.13. The van der Waals surface area contributed by atoms with Crippen LogP contribution in [0.4, 0.5) is 10.1 Å². The maximum absolute atomic E-state index is 13.0. The van der Waals surface area contributed by atoms with Crippen LogP contribution in [0.15, 0.2) is 36.9 Å². The summed E-state index contributed by atoms with van der Waals surface area (Å²) in [6, 6.07) is 3.04. The van der Waals surface area contributed by atoms with E-state index in [2.05, 4.69) is 15.3 Å². The van der Waals surface area contributed by atoms with Gasteiger partial charge in [-0.1, -0.05) is 11.6 Å². The number of rotatable bonds is 3. The molecule has 1 atom stereocenters. The van der Waals surface area contributed by atoms with Crippen LogP contribution < -0.4 is 5.32 Å². The van der Waals surface area contributed by atoms with E-state index in [0.29, 0.717) is 10.7 Å². The molecule has 0 saturated carbocycles. The molecule has 1 N–H and O–H groups in total. The van der Waals surface area contributed by atoms with Crippen molar-refractivity contribution in [2.24, 2.45) is 0 Å². The van der Waals surface area contributed by atoms with Gasteiger partial charge in [0.25, 0.3) is 0 Å². The summed E-state index contributed by atoms with van der Waals surface area (Å²) in [5.41, 5.74) is 1.47. The molecular weight excluding hydrogens is 241 g/mol. The molecular formula is C12H11ClFN3. The Labute approximate surface area is 104 Å². The first-order chi connectivity index (χ1) is 8.16. The van der Waals surface area contributed by atoms with E-state index in [-0.39, 0.29) is 11.9 Å². The van der Waals surface area contributed by atoms with Crippen LogP contribution in [0, 0.1) is 5.82 Å². The predicted octanol–water partition coefficient (Wildman–Crippen LogP) is 3.44. The van der Waals surface area contributed by atoms with Crippen molar-refractivity contribution in [2.75, 3.05) is 5.32 Å². The van der Waals surface area contributed by atoms with E-state index in [4.69, 9.17) is 11.6 Å².